The molecule has 23 heavy (non-hydrogen) atoms. The Morgan fingerprint density at radius 2 is 2.09 bits per heavy atom. The van der Waals surface area contributed by atoms with Crippen molar-refractivity contribution in [1.82, 2.24) is 10.6 Å². The lowest BCUT2D eigenvalue weighted by Gasteiger charge is -2.48. The van der Waals surface area contributed by atoms with Gasteiger partial charge in [0, 0.05) is 21.7 Å². The van der Waals surface area contributed by atoms with Gasteiger partial charge in [0.25, 0.3) is 5.91 Å². The Kier molecular flexibility index (Phi) is 3.07. The highest BCUT2D eigenvalue weighted by Crippen LogP contribution is 2.51. The van der Waals surface area contributed by atoms with Crippen molar-refractivity contribution < 1.29 is 4.79 Å². The van der Waals surface area contributed by atoms with E-state index in [1.807, 2.05) is 24.3 Å². The van der Waals surface area contributed by atoms with Gasteiger partial charge in [-0.3, -0.25) is 4.79 Å². The predicted octanol–water partition coefficient (Wildman–Crippen LogP) is 3.82. The van der Waals surface area contributed by atoms with Gasteiger partial charge in [0.2, 0.25) is 0 Å². The molecule has 3 saturated carbocycles. The van der Waals surface area contributed by atoms with Crippen molar-refractivity contribution in [3.63, 3.8) is 0 Å². The molecule has 4 fully saturated rings. The lowest BCUT2D eigenvalue weighted by Crippen LogP contribution is -2.60. The number of hydrogen-bond acceptors (Lipinski definition) is 3. The highest BCUT2D eigenvalue weighted by molar-refractivity contribution is 7.20. The summed E-state index contributed by atoms with van der Waals surface area (Å²) in [4.78, 5) is 13.6. The molecule has 0 radical (unpaired) electrons. The van der Waals surface area contributed by atoms with Crippen molar-refractivity contribution in [3.8, 4) is 0 Å². The van der Waals surface area contributed by atoms with E-state index in [0.29, 0.717) is 12.0 Å². The number of benzene rings is 1. The zero-order valence-corrected chi connectivity index (χ0v) is 14.3. The molecule has 1 aliphatic heterocycles. The second-order valence-electron chi connectivity index (χ2n) is 7.22. The van der Waals surface area contributed by atoms with Gasteiger partial charge in [-0.2, -0.15) is 0 Å². The van der Waals surface area contributed by atoms with Gasteiger partial charge in [0.1, 0.15) is 0 Å². The molecule has 3 nitrogen and oxygen atoms in total. The summed E-state index contributed by atoms with van der Waals surface area (Å²) >= 11 is 7.77. The number of nitrogens with one attached hydrogen (secondary N) is 2. The minimum atomic E-state index is 0.0629. The first kappa shape index (κ1) is 14.3. The Labute approximate surface area is 144 Å². The summed E-state index contributed by atoms with van der Waals surface area (Å²) in [5.74, 6) is 1.44. The maximum absolute atomic E-state index is 12.8. The zero-order chi connectivity index (χ0) is 15.6. The van der Waals surface area contributed by atoms with Crippen LogP contribution in [-0.4, -0.2) is 24.0 Å². The van der Waals surface area contributed by atoms with Crippen LogP contribution in [0, 0.1) is 11.8 Å². The molecule has 2 aromatic rings. The molecule has 5 heteroatoms. The fraction of sp³-hybridized carbons (Fsp3) is 0.500. The number of amides is 1. The number of fused-ring (bicyclic) bond motifs is 3. The van der Waals surface area contributed by atoms with Crippen LogP contribution in [0.1, 0.15) is 35.4 Å². The molecular formula is C18H19ClN2OS. The molecule has 1 saturated heterocycles. The van der Waals surface area contributed by atoms with Gasteiger partial charge in [0.15, 0.2) is 0 Å². The summed E-state index contributed by atoms with van der Waals surface area (Å²) in [5, 5.41) is 8.65. The Morgan fingerprint density at radius 3 is 2.78 bits per heavy atom. The number of rotatable bonds is 2. The SMILES string of the molecule is O=C(NC1C2CCC(CC2)[C@@]12CN2)c1cc2c(Cl)cccc2s1. The molecule has 1 amide bonds. The lowest BCUT2D eigenvalue weighted by atomic mass is 9.61. The second kappa shape index (κ2) is 4.95. The Bertz CT molecular complexity index is 789. The summed E-state index contributed by atoms with van der Waals surface area (Å²) in [5.41, 5.74) is 0.200. The van der Waals surface area contributed by atoms with Crippen molar-refractivity contribution in [1.29, 1.82) is 0 Å². The van der Waals surface area contributed by atoms with Crippen LogP contribution in [0.15, 0.2) is 24.3 Å². The Morgan fingerprint density at radius 1 is 1.30 bits per heavy atom. The van der Waals surface area contributed by atoms with Gasteiger partial charge in [-0.25, -0.2) is 0 Å². The fourth-order valence-electron chi connectivity index (χ4n) is 4.85. The van der Waals surface area contributed by atoms with E-state index in [1.165, 1.54) is 37.0 Å². The largest absolute Gasteiger partial charge is 0.346 e. The molecule has 120 valence electrons. The van der Waals surface area contributed by atoms with E-state index in [0.717, 1.165) is 32.4 Å². The van der Waals surface area contributed by atoms with Crippen LogP contribution >= 0.6 is 22.9 Å². The van der Waals surface area contributed by atoms with Gasteiger partial charge < -0.3 is 10.6 Å². The number of thiophene rings is 1. The zero-order valence-electron chi connectivity index (χ0n) is 12.8. The predicted molar refractivity (Wildman–Crippen MR) is 94.3 cm³/mol. The van der Waals surface area contributed by atoms with Crippen molar-refractivity contribution in [2.24, 2.45) is 11.8 Å². The van der Waals surface area contributed by atoms with Crippen LogP contribution in [0.3, 0.4) is 0 Å². The van der Waals surface area contributed by atoms with Crippen LogP contribution < -0.4 is 10.6 Å². The summed E-state index contributed by atoms with van der Waals surface area (Å²) < 4.78 is 1.08. The van der Waals surface area contributed by atoms with E-state index in [-0.39, 0.29) is 11.4 Å². The molecule has 3 aliphatic carbocycles. The van der Waals surface area contributed by atoms with E-state index < -0.39 is 0 Å². The molecule has 1 aromatic carbocycles. The van der Waals surface area contributed by atoms with Crippen LogP contribution in [0.5, 0.6) is 0 Å². The first-order chi connectivity index (χ1) is 11.2. The second-order valence-corrected chi connectivity index (χ2v) is 8.71. The van der Waals surface area contributed by atoms with Crippen molar-refractivity contribution in [2.75, 3.05) is 6.54 Å². The van der Waals surface area contributed by atoms with Gasteiger partial charge in [-0.05, 0) is 55.7 Å². The van der Waals surface area contributed by atoms with E-state index in [4.69, 9.17) is 11.6 Å². The topological polar surface area (TPSA) is 51.0 Å². The molecule has 1 aromatic heterocycles. The van der Waals surface area contributed by atoms with E-state index in [9.17, 15) is 4.79 Å². The van der Waals surface area contributed by atoms with Crippen molar-refractivity contribution in [2.45, 2.75) is 37.3 Å². The average molecular weight is 347 g/mol. The quantitative estimate of drug-likeness (QED) is 0.812. The number of hydrogen-bond donors (Lipinski definition) is 2. The molecule has 2 bridgehead atoms. The van der Waals surface area contributed by atoms with E-state index >= 15 is 0 Å². The van der Waals surface area contributed by atoms with Gasteiger partial charge in [-0.15, -0.1) is 11.3 Å². The highest BCUT2D eigenvalue weighted by atomic mass is 35.5. The highest BCUT2D eigenvalue weighted by Gasteiger charge is 2.61. The Hall–Kier alpha value is -1.10. The number of carbonyl (C=O) groups is 1. The standard InChI is InChI=1S/C18H19ClN2OS/c19-13-2-1-3-14-12(13)8-15(23-14)17(22)21-16-10-4-6-11(7-5-10)18(16)9-20-18/h1-3,8,10-11,16,20H,4-7,9H2,(H,21,22)/t10?,11?,16?,18-/m0/s1. The summed E-state index contributed by atoms with van der Waals surface area (Å²) in [6, 6.07) is 8.07. The van der Waals surface area contributed by atoms with Crippen LogP contribution in [0.2, 0.25) is 5.02 Å². The third kappa shape index (κ3) is 2.08. The van der Waals surface area contributed by atoms with Crippen molar-refractivity contribution >= 4 is 38.9 Å². The summed E-state index contributed by atoms with van der Waals surface area (Å²) in [6.07, 6.45) is 5.17. The first-order valence-corrected chi connectivity index (χ1v) is 9.61. The molecule has 2 N–H and O–H groups in total. The minimum absolute atomic E-state index is 0.0629. The van der Waals surface area contributed by atoms with Gasteiger partial charge in [-0.1, -0.05) is 17.7 Å². The third-order valence-corrected chi connectivity index (χ3v) is 7.56. The molecule has 1 spiro atoms. The summed E-state index contributed by atoms with van der Waals surface area (Å²) in [6.45, 7) is 1.07. The fourth-order valence-corrected chi connectivity index (χ4v) is 6.12. The Balaban J connectivity index is 1.43. The summed E-state index contributed by atoms with van der Waals surface area (Å²) in [7, 11) is 0. The van der Waals surface area contributed by atoms with Gasteiger partial charge in [0.05, 0.1) is 16.5 Å². The van der Waals surface area contributed by atoms with Crippen molar-refractivity contribution in [3.05, 3.63) is 34.2 Å². The van der Waals surface area contributed by atoms with E-state index in [2.05, 4.69) is 10.6 Å². The minimum Gasteiger partial charge on any atom is -0.346 e. The van der Waals surface area contributed by atoms with E-state index in [1.54, 1.807) is 0 Å². The average Bonchev–Trinajstić information content (AvgIpc) is 3.21. The molecule has 1 unspecified atom stereocenters. The molecular weight excluding hydrogens is 328 g/mol. The molecule has 2 heterocycles. The van der Waals surface area contributed by atoms with Crippen LogP contribution in [0.25, 0.3) is 10.1 Å². The molecule has 4 aliphatic rings. The number of halogens is 1. The van der Waals surface area contributed by atoms with Gasteiger partial charge >= 0.3 is 0 Å². The maximum atomic E-state index is 12.8. The molecule has 2 atom stereocenters. The lowest BCUT2D eigenvalue weighted by molar-refractivity contribution is 0.0637. The van der Waals surface area contributed by atoms with Crippen LogP contribution in [-0.2, 0) is 0 Å². The monoisotopic (exact) mass is 346 g/mol. The normalized spacial score (nSPS) is 34.9. The molecule has 6 rings (SSSR count). The first-order valence-electron chi connectivity index (χ1n) is 8.41. The maximum Gasteiger partial charge on any atom is 0.261 e. The van der Waals surface area contributed by atoms with Crippen LogP contribution in [0.4, 0.5) is 0 Å². The number of carbonyl (C=O) groups excluding carboxylic acids is 1. The smallest absolute Gasteiger partial charge is 0.261 e. The third-order valence-electron chi connectivity index (χ3n) is 6.13.